The van der Waals surface area contributed by atoms with Crippen LogP contribution < -0.4 is 20.1 Å². The maximum absolute atomic E-state index is 14.9. The first-order chi connectivity index (χ1) is 15.4. The zero-order valence-corrected chi connectivity index (χ0v) is 18.6. The molecule has 1 heterocycles. The van der Waals surface area contributed by atoms with Crippen LogP contribution in [0.1, 0.15) is 11.6 Å². The van der Waals surface area contributed by atoms with E-state index in [1.807, 2.05) is 25.1 Å². The van der Waals surface area contributed by atoms with Gasteiger partial charge in [0, 0.05) is 29.9 Å². The first-order valence-corrected chi connectivity index (χ1v) is 10.1. The summed E-state index contributed by atoms with van der Waals surface area (Å²) in [6, 6.07) is 9.37. The number of aromatic amines is 1. The van der Waals surface area contributed by atoms with E-state index in [1.54, 1.807) is 44.6 Å². The van der Waals surface area contributed by atoms with Crippen LogP contribution in [0.15, 0.2) is 48.8 Å². The highest BCUT2D eigenvalue weighted by molar-refractivity contribution is 5.97. The van der Waals surface area contributed by atoms with Crippen LogP contribution in [0.2, 0.25) is 0 Å². The van der Waals surface area contributed by atoms with Gasteiger partial charge in [-0.2, -0.15) is 5.10 Å². The highest BCUT2D eigenvalue weighted by Gasteiger charge is 2.22. The van der Waals surface area contributed by atoms with E-state index in [9.17, 15) is 9.18 Å². The number of amides is 1. The number of methoxy groups -OCH3 is 1. The van der Waals surface area contributed by atoms with Gasteiger partial charge in [-0.1, -0.05) is 12.1 Å². The number of halogens is 1. The number of carbonyl (C=O) groups excluding carboxylic acids is 1. The van der Waals surface area contributed by atoms with Crippen molar-refractivity contribution in [3.63, 3.8) is 0 Å². The second-order valence-electron chi connectivity index (χ2n) is 7.45. The smallest absolute Gasteiger partial charge is 0.246 e. The summed E-state index contributed by atoms with van der Waals surface area (Å²) in [7, 11) is 7.11. The molecule has 32 heavy (non-hydrogen) atoms. The van der Waals surface area contributed by atoms with Gasteiger partial charge in [-0.15, -0.1) is 0 Å². The van der Waals surface area contributed by atoms with Crippen LogP contribution in [0.3, 0.4) is 0 Å². The second-order valence-corrected chi connectivity index (χ2v) is 7.45. The van der Waals surface area contributed by atoms with Crippen molar-refractivity contribution in [3.05, 3.63) is 60.2 Å². The lowest BCUT2D eigenvalue weighted by Gasteiger charge is -2.20. The molecule has 0 unspecified atom stereocenters. The number of rotatable bonds is 10. The molecule has 0 aliphatic rings. The number of benzene rings is 2. The number of hydrogen-bond donors (Lipinski definition) is 3. The summed E-state index contributed by atoms with van der Waals surface area (Å²) in [4.78, 5) is 15.1. The van der Waals surface area contributed by atoms with Gasteiger partial charge in [0.15, 0.2) is 0 Å². The lowest BCUT2D eigenvalue weighted by molar-refractivity contribution is -0.118. The van der Waals surface area contributed by atoms with Crippen LogP contribution in [-0.2, 0) is 4.79 Å². The number of anilines is 1. The minimum atomic E-state index is -0.670. The van der Waals surface area contributed by atoms with E-state index in [4.69, 9.17) is 9.47 Å². The maximum atomic E-state index is 14.9. The summed E-state index contributed by atoms with van der Waals surface area (Å²) in [5.74, 6) is 0.162. The zero-order valence-electron chi connectivity index (χ0n) is 18.6. The van der Waals surface area contributed by atoms with Crippen molar-refractivity contribution < 1.29 is 18.7 Å². The third-order valence-electron chi connectivity index (χ3n) is 4.91. The van der Waals surface area contributed by atoms with Gasteiger partial charge in [-0.3, -0.25) is 9.89 Å². The van der Waals surface area contributed by atoms with Crippen molar-refractivity contribution in [1.82, 2.24) is 20.4 Å². The molecular formula is C23H28FN5O3. The Hall–Kier alpha value is -3.43. The van der Waals surface area contributed by atoms with Gasteiger partial charge < -0.3 is 25.0 Å². The first kappa shape index (κ1) is 23.2. The van der Waals surface area contributed by atoms with Crippen LogP contribution in [-0.4, -0.2) is 62.4 Å². The molecule has 0 radical (unpaired) electrons. The zero-order chi connectivity index (χ0) is 23.1. The van der Waals surface area contributed by atoms with E-state index in [1.165, 1.54) is 12.3 Å². The van der Waals surface area contributed by atoms with Gasteiger partial charge in [-0.25, -0.2) is 4.39 Å². The molecule has 3 aromatic rings. The van der Waals surface area contributed by atoms with Gasteiger partial charge in [0.2, 0.25) is 5.91 Å². The molecule has 0 fully saturated rings. The molecule has 8 nitrogen and oxygen atoms in total. The predicted molar refractivity (Wildman–Crippen MR) is 121 cm³/mol. The van der Waals surface area contributed by atoms with E-state index in [2.05, 4.69) is 20.8 Å². The summed E-state index contributed by atoms with van der Waals surface area (Å²) in [6.07, 6.45) is 3.13. The summed E-state index contributed by atoms with van der Waals surface area (Å²) in [5, 5.41) is 12.4. The molecule has 0 bridgehead atoms. The van der Waals surface area contributed by atoms with Gasteiger partial charge in [-0.05, 0) is 44.9 Å². The summed E-state index contributed by atoms with van der Waals surface area (Å²) >= 11 is 0. The number of carbonyl (C=O) groups is 1. The number of H-pyrrole nitrogens is 1. The molecule has 2 aromatic carbocycles. The van der Waals surface area contributed by atoms with E-state index in [-0.39, 0.29) is 11.6 Å². The molecule has 0 spiro atoms. The SMILES string of the molecule is CN[C@@H](C(=O)Nc1cc(F)c(-c2cn[nH]c2)cc1OCCN(C)C)c1cccc(OC)c1. The van der Waals surface area contributed by atoms with E-state index < -0.39 is 11.9 Å². The number of hydrogen-bond acceptors (Lipinski definition) is 6. The highest BCUT2D eigenvalue weighted by atomic mass is 19.1. The van der Waals surface area contributed by atoms with Crippen LogP contribution >= 0.6 is 0 Å². The van der Waals surface area contributed by atoms with Crippen molar-refractivity contribution in [2.45, 2.75) is 6.04 Å². The largest absolute Gasteiger partial charge is 0.497 e. The molecule has 3 rings (SSSR count). The molecule has 0 aliphatic carbocycles. The van der Waals surface area contributed by atoms with Crippen LogP contribution in [0.5, 0.6) is 11.5 Å². The normalized spacial score (nSPS) is 11.9. The number of ether oxygens (including phenoxy) is 2. The quantitative estimate of drug-likeness (QED) is 0.448. The summed E-state index contributed by atoms with van der Waals surface area (Å²) in [6.45, 7) is 1.03. The van der Waals surface area contributed by atoms with Crippen LogP contribution in [0.4, 0.5) is 10.1 Å². The molecule has 9 heteroatoms. The van der Waals surface area contributed by atoms with Crippen molar-refractivity contribution >= 4 is 11.6 Å². The molecule has 170 valence electrons. The Kier molecular flexibility index (Phi) is 7.80. The van der Waals surface area contributed by atoms with E-state index in [0.717, 1.165) is 5.56 Å². The van der Waals surface area contributed by atoms with Crippen molar-refractivity contribution in [1.29, 1.82) is 0 Å². The fourth-order valence-corrected chi connectivity index (χ4v) is 3.20. The standard InChI is InChI=1S/C23H28FN5O3/c1-25-22(15-6-5-7-17(10-15)31-4)23(30)28-20-12-19(24)18(16-13-26-27-14-16)11-21(20)32-9-8-29(2)3/h5-7,10-14,22,25H,8-9H2,1-4H3,(H,26,27)(H,28,30)/t22-/m1/s1. The molecule has 0 saturated heterocycles. The Morgan fingerprint density at radius 2 is 2.09 bits per heavy atom. The molecule has 1 atom stereocenters. The lowest BCUT2D eigenvalue weighted by atomic mass is 10.0. The third-order valence-corrected chi connectivity index (χ3v) is 4.91. The van der Waals surface area contributed by atoms with E-state index in [0.29, 0.717) is 35.8 Å². The number of likely N-dealkylation sites (N-methyl/N-ethyl adjacent to an activating group) is 2. The minimum Gasteiger partial charge on any atom is -0.497 e. The fraction of sp³-hybridized carbons (Fsp3) is 0.304. The monoisotopic (exact) mass is 441 g/mol. The number of nitrogens with one attached hydrogen (secondary N) is 3. The Balaban J connectivity index is 1.90. The Labute approximate surface area is 186 Å². The van der Waals surface area contributed by atoms with Crippen molar-refractivity contribution in [2.75, 3.05) is 46.7 Å². The third kappa shape index (κ3) is 5.63. The maximum Gasteiger partial charge on any atom is 0.246 e. The van der Waals surface area contributed by atoms with Gasteiger partial charge >= 0.3 is 0 Å². The van der Waals surface area contributed by atoms with Crippen LogP contribution in [0.25, 0.3) is 11.1 Å². The average Bonchev–Trinajstić information content (AvgIpc) is 3.30. The molecule has 1 aromatic heterocycles. The molecule has 1 amide bonds. The Morgan fingerprint density at radius 3 is 2.75 bits per heavy atom. The number of nitrogens with zero attached hydrogens (tertiary/aromatic N) is 2. The van der Waals surface area contributed by atoms with Gasteiger partial charge in [0.05, 0.1) is 19.0 Å². The highest BCUT2D eigenvalue weighted by Crippen LogP contribution is 2.34. The average molecular weight is 442 g/mol. The van der Waals surface area contributed by atoms with Crippen molar-refractivity contribution in [3.8, 4) is 22.6 Å². The summed E-state index contributed by atoms with van der Waals surface area (Å²) < 4.78 is 26.1. The first-order valence-electron chi connectivity index (χ1n) is 10.1. The van der Waals surface area contributed by atoms with E-state index >= 15 is 0 Å². The van der Waals surface area contributed by atoms with Crippen LogP contribution in [0, 0.1) is 5.82 Å². The molecule has 0 saturated carbocycles. The Bertz CT molecular complexity index is 1040. The molecule has 0 aliphatic heterocycles. The second kappa shape index (κ2) is 10.7. The predicted octanol–water partition coefficient (Wildman–Crippen LogP) is 3.06. The number of aromatic nitrogens is 2. The topological polar surface area (TPSA) is 91.5 Å². The minimum absolute atomic E-state index is 0.252. The molecular weight excluding hydrogens is 413 g/mol. The summed E-state index contributed by atoms with van der Waals surface area (Å²) in [5.41, 5.74) is 1.88. The fourth-order valence-electron chi connectivity index (χ4n) is 3.20. The Morgan fingerprint density at radius 1 is 1.28 bits per heavy atom. The van der Waals surface area contributed by atoms with Gasteiger partial charge in [0.1, 0.15) is 30.0 Å². The van der Waals surface area contributed by atoms with Gasteiger partial charge in [0.25, 0.3) is 0 Å². The van der Waals surface area contributed by atoms with Crippen molar-refractivity contribution in [2.24, 2.45) is 0 Å². The lowest BCUT2D eigenvalue weighted by Crippen LogP contribution is -2.31. The molecule has 3 N–H and O–H groups in total.